The van der Waals surface area contributed by atoms with Gasteiger partial charge in [0.15, 0.2) is 6.10 Å². The second-order valence-corrected chi connectivity index (χ2v) is 8.68. The molecule has 9 heteroatoms. The lowest BCUT2D eigenvalue weighted by atomic mass is 9.87. The van der Waals surface area contributed by atoms with E-state index >= 15 is 0 Å². The van der Waals surface area contributed by atoms with Crippen molar-refractivity contribution in [3.63, 3.8) is 0 Å². The van der Waals surface area contributed by atoms with Crippen molar-refractivity contribution in [2.24, 2.45) is 0 Å². The number of nitrogens with zero attached hydrogens (tertiary/aromatic N) is 3. The lowest BCUT2D eigenvalue weighted by Gasteiger charge is -2.20. The van der Waals surface area contributed by atoms with Crippen LogP contribution >= 0.6 is 0 Å². The molecule has 0 aliphatic carbocycles. The van der Waals surface area contributed by atoms with E-state index in [1.54, 1.807) is 11.8 Å². The first-order valence-corrected chi connectivity index (χ1v) is 10.1. The van der Waals surface area contributed by atoms with Crippen LogP contribution in [0.15, 0.2) is 30.5 Å². The van der Waals surface area contributed by atoms with Crippen molar-refractivity contribution in [1.82, 2.24) is 15.0 Å². The molecule has 30 heavy (non-hydrogen) atoms. The van der Waals surface area contributed by atoms with Crippen molar-refractivity contribution >= 4 is 11.8 Å². The summed E-state index contributed by atoms with van der Waals surface area (Å²) in [6.07, 6.45) is 0.245. The summed E-state index contributed by atoms with van der Waals surface area (Å²) >= 11 is 0. The first-order valence-electron chi connectivity index (χ1n) is 10.1. The minimum atomic E-state index is -0.525. The number of nitrogens with one attached hydrogen (secondary N) is 1. The zero-order valence-corrected chi connectivity index (χ0v) is 17.7. The Hall–Kier alpha value is -2.49. The quantitative estimate of drug-likeness (QED) is 0.800. The Balaban J connectivity index is 1.33. The highest BCUT2D eigenvalue weighted by molar-refractivity contribution is 5.84. The zero-order valence-electron chi connectivity index (χ0n) is 17.7. The van der Waals surface area contributed by atoms with Gasteiger partial charge in [-0.3, -0.25) is 5.32 Å². The number of carbonyl (C=O) groups excluding carboxylic acids is 1. The lowest BCUT2D eigenvalue weighted by molar-refractivity contribution is 0.00770. The van der Waals surface area contributed by atoms with Crippen LogP contribution in [0.2, 0.25) is 0 Å². The zero-order chi connectivity index (χ0) is 21.3. The predicted octanol–water partition coefficient (Wildman–Crippen LogP) is 2.68. The molecule has 0 unspecified atom stereocenters. The molecule has 3 heterocycles. The van der Waals surface area contributed by atoms with Gasteiger partial charge in [-0.2, -0.15) is 0 Å². The van der Waals surface area contributed by atoms with Gasteiger partial charge in [0.2, 0.25) is 0 Å². The molecule has 2 aliphatic rings. The van der Waals surface area contributed by atoms with Crippen LogP contribution in [0.25, 0.3) is 0 Å². The molecule has 9 nitrogen and oxygen atoms in total. The van der Waals surface area contributed by atoms with Crippen LogP contribution in [0.5, 0.6) is 0 Å². The number of hydrogen-bond donors (Lipinski definition) is 1. The third-order valence-corrected chi connectivity index (χ3v) is 5.43. The van der Waals surface area contributed by atoms with E-state index in [1.807, 2.05) is 30.5 Å². The summed E-state index contributed by atoms with van der Waals surface area (Å²) < 4.78 is 24.2. The van der Waals surface area contributed by atoms with Gasteiger partial charge >= 0.3 is 6.09 Å². The maximum atomic E-state index is 12.4. The van der Waals surface area contributed by atoms with Crippen LogP contribution in [0.4, 0.5) is 10.5 Å². The van der Waals surface area contributed by atoms with E-state index in [0.29, 0.717) is 18.9 Å². The molecular formula is C21H28N4O5. The Morgan fingerprint density at radius 1 is 1.20 bits per heavy atom. The van der Waals surface area contributed by atoms with Gasteiger partial charge in [0.1, 0.15) is 23.9 Å². The number of hydrogen-bond acceptors (Lipinski definition) is 7. The molecule has 2 aromatic rings. The third kappa shape index (κ3) is 4.33. The van der Waals surface area contributed by atoms with Gasteiger partial charge in [0, 0.05) is 12.8 Å². The molecule has 1 aromatic carbocycles. The van der Waals surface area contributed by atoms with E-state index in [-0.39, 0.29) is 30.3 Å². The minimum Gasteiger partial charge on any atom is -0.441 e. The highest BCUT2D eigenvalue weighted by Gasteiger charge is 2.50. The Bertz CT molecular complexity index is 876. The summed E-state index contributed by atoms with van der Waals surface area (Å²) in [5.41, 5.74) is 2.67. The monoisotopic (exact) mass is 416 g/mol. The van der Waals surface area contributed by atoms with Crippen molar-refractivity contribution in [3.8, 4) is 0 Å². The molecular weight excluding hydrogens is 388 g/mol. The van der Waals surface area contributed by atoms with Crippen LogP contribution in [-0.2, 0) is 31.0 Å². The molecule has 2 aliphatic heterocycles. The number of ether oxygens (including phenoxy) is 4. The molecule has 0 spiro atoms. The van der Waals surface area contributed by atoms with Crippen LogP contribution in [0.1, 0.15) is 38.1 Å². The summed E-state index contributed by atoms with van der Waals surface area (Å²) in [7, 11) is 1.61. The first-order chi connectivity index (χ1) is 14.3. The first kappa shape index (κ1) is 20.8. The molecule has 1 amide bonds. The Morgan fingerprint density at radius 2 is 1.93 bits per heavy atom. The SMILES string of the molecule is COCc1cn([C@H]2CO[C@H]3[C@@H]2OC[C@H]3OC(=O)Nc2ccc(C(C)(C)C)cc2)nn1. The van der Waals surface area contributed by atoms with E-state index in [0.717, 1.165) is 5.69 Å². The smallest absolute Gasteiger partial charge is 0.412 e. The molecule has 1 aromatic heterocycles. The summed E-state index contributed by atoms with van der Waals surface area (Å²) in [4.78, 5) is 12.4. The van der Waals surface area contributed by atoms with E-state index in [1.165, 1.54) is 5.56 Å². The molecule has 1 N–H and O–H groups in total. The lowest BCUT2D eigenvalue weighted by Crippen LogP contribution is -2.34. The van der Waals surface area contributed by atoms with Crippen molar-refractivity contribution < 1.29 is 23.7 Å². The minimum absolute atomic E-state index is 0.0556. The van der Waals surface area contributed by atoms with E-state index in [2.05, 4.69) is 36.4 Å². The molecule has 2 saturated heterocycles. The molecule has 2 fully saturated rings. The van der Waals surface area contributed by atoms with Crippen molar-refractivity contribution in [1.29, 1.82) is 0 Å². The highest BCUT2D eigenvalue weighted by atomic mass is 16.6. The number of fused-ring (bicyclic) bond motifs is 1. The Morgan fingerprint density at radius 3 is 2.63 bits per heavy atom. The molecule has 0 radical (unpaired) electrons. The summed E-state index contributed by atoms with van der Waals surface area (Å²) in [6, 6.07) is 7.64. The average Bonchev–Trinajstić information content (AvgIpc) is 3.39. The van der Waals surface area contributed by atoms with Gasteiger partial charge < -0.3 is 18.9 Å². The van der Waals surface area contributed by atoms with Crippen LogP contribution in [0.3, 0.4) is 0 Å². The van der Waals surface area contributed by atoms with Crippen molar-refractivity contribution in [2.45, 2.75) is 57.1 Å². The number of rotatable bonds is 5. The number of aromatic nitrogens is 3. The van der Waals surface area contributed by atoms with Crippen LogP contribution in [-0.4, -0.2) is 59.7 Å². The van der Waals surface area contributed by atoms with Gasteiger partial charge in [-0.15, -0.1) is 5.10 Å². The molecule has 162 valence electrons. The number of benzene rings is 1. The molecule has 4 atom stereocenters. The third-order valence-electron chi connectivity index (χ3n) is 5.43. The fourth-order valence-corrected chi connectivity index (χ4v) is 3.80. The number of amides is 1. The van der Waals surface area contributed by atoms with Crippen LogP contribution < -0.4 is 5.32 Å². The second kappa shape index (κ2) is 8.33. The highest BCUT2D eigenvalue weighted by Crippen LogP contribution is 2.35. The summed E-state index contributed by atoms with van der Waals surface area (Å²) in [5.74, 6) is 0. The average molecular weight is 416 g/mol. The number of carbonyl (C=O) groups is 1. The standard InChI is InChI=1S/C21H28N4O5/c1-21(2,3)13-5-7-14(8-6-13)22-20(26)30-17-12-29-18-16(11-28-19(17)18)25-9-15(10-27-4)23-24-25/h5-9,16-19H,10-12H2,1-4H3,(H,22,26)/t16-,17+,18+,19+/m0/s1. The summed E-state index contributed by atoms with van der Waals surface area (Å²) in [5, 5.41) is 11.0. The molecule has 4 rings (SSSR count). The van der Waals surface area contributed by atoms with Crippen molar-refractivity contribution in [3.05, 3.63) is 41.7 Å². The molecule has 0 bridgehead atoms. The molecule has 0 saturated carbocycles. The summed E-state index contributed by atoms with van der Waals surface area (Å²) in [6.45, 7) is 7.53. The fraction of sp³-hybridized carbons (Fsp3) is 0.571. The van der Waals surface area contributed by atoms with Gasteiger partial charge in [0.05, 0.1) is 26.0 Å². The van der Waals surface area contributed by atoms with Gasteiger partial charge in [-0.25, -0.2) is 9.48 Å². The van der Waals surface area contributed by atoms with E-state index < -0.39 is 12.2 Å². The van der Waals surface area contributed by atoms with Gasteiger partial charge in [-0.05, 0) is 23.1 Å². The van der Waals surface area contributed by atoms with Gasteiger partial charge in [-0.1, -0.05) is 38.1 Å². The predicted molar refractivity (Wildman–Crippen MR) is 108 cm³/mol. The maximum absolute atomic E-state index is 12.4. The van der Waals surface area contributed by atoms with Gasteiger partial charge in [0.25, 0.3) is 0 Å². The maximum Gasteiger partial charge on any atom is 0.412 e. The Labute approximate surface area is 175 Å². The topological polar surface area (TPSA) is 96.7 Å². The second-order valence-electron chi connectivity index (χ2n) is 8.68. The number of anilines is 1. The van der Waals surface area contributed by atoms with E-state index in [9.17, 15) is 4.79 Å². The van der Waals surface area contributed by atoms with E-state index in [4.69, 9.17) is 18.9 Å². The number of methoxy groups -OCH3 is 1. The Kier molecular flexibility index (Phi) is 5.77. The largest absolute Gasteiger partial charge is 0.441 e. The normalized spacial score (nSPS) is 25.9. The fourth-order valence-electron chi connectivity index (χ4n) is 3.80. The van der Waals surface area contributed by atoms with Crippen LogP contribution in [0, 0.1) is 0 Å². The van der Waals surface area contributed by atoms with Crippen molar-refractivity contribution in [2.75, 3.05) is 25.6 Å².